The maximum Gasteiger partial charge on any atom is 0.472 e. The van der Waals surface area contributed by atoms with Gasteiger partial charge in [-0.2, -0.15) is 0 Å². The molecule has 2 N–H and O–H groups in total. The molecule has 0 saturated heterocycles. The van der Waals surface area contributed by atoms with Crippen molar-refractivity contribution >= 4 is 19.7 Å². The summed E-state index contributed by atoms with van der Waals surface area (Å²) in [5, 5.41) is 3.05. The molecule has 1 amide bonds. The summed E-state index contributed by atoms with van der Waals surface area (Å²) in [6, 6.07) is -0.857. The van der Waals surface area contributed by atoms with Crippen LogP contribution in [0.2, 0.25) is 0 Å². The first-order chi connectivity index (χ1) is 36.4. The zero-order valence-corrected chi connectivity index (χ0v) is 51.2. The van der Waals surface area contributed by atoms with E-state index in [2.05, 4.69) is 62.5 Å². The molecule has 0 radical (unpaired) electrons. The first kappa shape index (κ1) is 73.0. The van der Waals surface area contributed by atoms with E-state index in [1.807, 2.05) is 33.3 Å². The van der Waals surface area contributed by atoms with Crippen LogP contribution in [0.15, 0.2) is 48.6 Å². The molecule has 3 unspecified atom stereocenters. The third-order valence-electron chi connectivity index (χ3n) is 14.3. The Morgan fingerprint density at radius 3 is 1.24 bits per heavy atom. The number of unbranched alkanes of at least 4 members (excludes halogenated alkanes) is 36. The molecule has 0 saturated carbocycles. The molecule has 0 heterocycles. The van der Waals surface area contributed by atoms with Crippen LogP contribution >= 0.6 is 7.82 Å². The molecule has 9 nitrogen and oxygen atoms in total. The van der Waals surface area contributed by atoms with E-state index < -0.39 is 20.0 Å². The van der Waals surface area contributed by atoms with E-state index in [1.165, 1.54) is 186 Å². The van der Waals surface area contributed by atoms with Crippen LogP contribution in [0.4, 0.5) is 0 Å². The second kappa shape index (κ2) is 55.3. The van der Waals surface area contributed by atoms with E-state index in [0.29, 0.717) is 23.9 Å². The van der Waals surface area contributed by atoms with Gasteiger partial charge in [0.25, 0.3) is 0 Å². The van der Waals surface area contributed by atoms with Gasteiger partial charge in [0.15, 0.2) is 0 Å². The number of allylic oxidation sites excluding steroid dienone is 7. The van der Waals surface area contributed by atoms with Crippen LogP contribution in [-0.2, 0) is 27.9 Å². The highest BCUT2D eigenvalue weighted by molar-refractivity contribution is 7.47. The van der Waals surface area contributed by atoms with Crippen molar-refractivity contribution < 1.29 is 37.3 Å². The van der Waals surface area contributed by atoms with Crippen LogP contribution in [-0.4, -0.2) is 74.3 Å². The number of quaternary nitrogens is 1. The highest BCUT2D eigenvalue weighted by Crippen LogP contribution is 2.43. The summed E-state index contributed by atoms with van der Waals surface area (Å²) in [5.74, 6) is -0.519. The second-order valence-electron chi connectivity index (χ2n) is 22.9. The largest absolute Gasteiger partial charge is 0.472 e. The molecule has 0 rings (SSSR count). The molecule has 0 bridgehead atoms. The number of nitrogens with one attached hydrogen (secondary N) is 1. The maximum absolute atomic E-state index is 13.5. The van der Waals surface area contributed by atoms with E-state index in [1.54, 1.807) is 0 Å². The van der Waals surface area contributed by atoms with Gasteiger partial charge in [0.05, 0.1) is 33.8 Å². The number of amides is 1. The van der Waals surface area contributed by atoms with Crippen molar-refractivity contribution in [1.82, 2.24) is 5.32 Å². The first-order valence-electron chi connectivity index (χ1n) is 32.0. The van der Waals surface area contributed by atoms with Gasteiger partial charge < -0.3 is 19.4 Å². The number of ether oxygens (including phenoxy) is 1. The molecule has 10 heteroatoms. The van der Waals surface area contributed by atoms with Gasteiger partial charge in [-0.05, 0) is 70.3 Å². The van der Waals surface area contributed by atoms with Gasteiger partial charge in [0.2, 0.25) is 5.91 Å². The summed E-state index contributed by atoms with van der Waals surface area (Å²) in [6.45, 7) is 6.99. The average molecular weight is 1080 g/mol. The number of likely N-dealkylation sites (N-methyl/N-ethyl adjacent to an activating group) is 1. The van der Waals surface area contributed by atoms with Crippen LogP contribution in [0.25, 0.3) is 0 Å². The quantitative estimate of drug-likeness (QED) is 0.0205. The zero-order valence-electron chi connectivity index (χ0n) is 50.3. The van der Waals surface area contributed by atoms with Crippen LogP contribution in [0, 0.1) is 0 Å². The Hall–Kier alpha value is -2.03. The number of phosphoric acid groups is 1. The normalized spacial score (nSPS) is 14.0. The van der Waals surface area contributed by atoms with E-state index in [0.717, 1.165) is 83.5 Å². The molecule has 0 aliphatic heterocycles. The number of carbonyl (C=O) groups is 2. The number of hydrogen-bond acceptors (Lipinski definition) is 6. The number of phosphoric ester groups is 1. The minimum Gasteiger partial charge on any atom is -0.456 e. The molecular formula is C65H124N2O7P+. The molecule has 3 atom stereocenters. The minimum absolute atomic E-state index is 0.0365. The molecular weight excluding hydrogens is 952 g/mol. The van der Waals surface area contributed by atoms with Crippen molar-refractivity contribution in [3.63, 3.8) is 0 Å². The highest BCUT2D eigenvalue weighted by atomic mass is 31.2. The Morgan fingerprint density at radius 2 is 0.813 bits per heavy atom. The van der Waals surface area contributed by atoms with Crippen molar-refractivity contribution in [1.29, 1.82) is 0 Å². The fourth-order valence-corrected chi connectivity index (χ4v) is 10.0. The van der Waals surface area contributed by atoms with Gasteiger partial charge in [0, 0.05) is 12.8 Å². The molecule has 75 heavy (non-hydrogen) atoms. The summed E-state index contributed by atoms with van der Waals surface area (Å²) in [6.07, 6.45) is 68.3. The molecule has 0 aliphatic carbocycles. The van der Waals surface area contributed by atoms with Crippen LogP contribution in [0.1, 0.15) is 303 Å². The predicted octanol–water partition coefficient (Wildman–Crippen LogP) is 19.7. The molecule has 0 aromatic carbocycles. The summed E-state index contributed by atoms with van der Waals surface area (Å²) in [7, 11) is 1.49. The van der Waals surface area contributed by atoms with Crippen LogP contribution < -0.4 is 5.32 Å². The third-order valence-corrected chi connectivity index (χ3v) is 15.3. The molecule has 0 fully saturated rings. The fourth-order valence-electron chi connectivity index (χ4n) is 9.30. The number of rotatable bonds is 58. The van der Waals surface area contributed by atoms with Crippen LogP contribution in [0.5, 0.6) is 0 Å². The van der Waals surface area contributed by atoms with Gasteiger partial charge in [-0.3, -0.25) is 18.6 Å². The number of carbonyl (C=O) groups excluding carboxylic acids is 2. The van der Waals surface area contributed by atoms with Gasteiger partial charge in [-0.25, -0.2) is 4.57 Å². The lowest BCUT2D eigenvalue weighted by Crippen LogP contribution is -2.47. The smallest absolute Gasteiger partial charge is 0.456 e. The highest BCUT2D eigenvalue weighted by Gasteiger charge is 2.30. The molecule has 0 aromatic rings. The summed E-state index contributed by atoms with van der Waals surface area (Å²) >= 11 is 0. The lowest BCUT2D eigenvalue weighted by atomic mass is 10.0. The first-order valence-corrected chi connectivity index (χ1v) is 33.5. The monoisotopic (exact) mass is 1080 g/mol. The third kappa shape index (κ3) is 56.5. The topological polar surface area (TPSA) is 111 Å². The Kier molecular flexibility index (Phi) is 53.8. The fraction of sp³-hybridized carbons (Fsp3) is 0.846. The number of nitrogens with zero attached hydrogens (tertiary/aromatic N) is 1. The van der Waals surface area contributed by atoms with E-state index in [-0.39, 0.29) is 25.1 Å². The standard InChI is InChI=1S/C65H123N2O7P/c1-7-10-13-16-19-22-25-27-29-31-32-33-34-36-38-40-43-46-49-52-55-58-65(69)74-63(56-53-50-47-44-41-24-21-18-15-12-9-3)62(61-73-75(70,71)72-60-59-67(4,5)6)66-64(68)57-54-51-48-45-42-39-37-35-30-28-26-23-20-17-14-11-8-2/h20,23,28,30,37,39,53,56,62-63H,7-19,21-22,24-27,29,31-36,38,40-52,54-55,57-61H2,1-6H3,(H-,66,68,70,71)/p+1/b23-20-,30-28-,39-37-,56-53+. The Morgan fingerprint density at radius 1 is 0.467 bits per heavy atom. The van der Waals surface area contributed by atoms with Crippen molar-refractivity contribution in [3.8, 4) is 0 Å². The average Bonchev–Trinajstić information content (AvgIpc) is 3.37. The maximum atomic E-state index is 13.5. The molecule has 0 aliphatic rings. The van der Waals surface area contributed by atoms with E-state index in [9.17, 15) is 19.0 Å². The zero-order chi connectivity index (χ0) is 55.0. The summed E-state index contributed by atoms with van der Waals surface area (Å²) < 4.78 is 30.7. The van der Waals surface area contributed by atoms with Crippen molar-refractivity contribution in [2.24, 2.45) is 0 Å². The van der Waals surface area contributed by atoms with Gasteiger partial charge >= 0.3 is 13.8 Å². The number of hydrogen-bond donors (Lipinski definition) is 2. The number of esters is 1. The lowest BCUT2D eigenvalue weighted by molar-refractivity contribution is -0.870. The Bertz CT molecular complexity index is 1420. The Labute approximate surface area is 465 Å². The van der Waals surface area contributed by atoms with Crippen molar-refractivity contribution in [3.05, 3.63) is 48.6 Å². The van der Waals surface area contributed by atoms with E-state index in [4.69, 9.17) is 13.8 Å². The summed E-state index contributed by atoms with van der Waals surface area (Å²) in [4.78, 5) is 37.7. The van der Waals surface area contributed by atoms with E-state index >= 15 is 0 Å². The molecule has 0 aromatic heterocycles. The van der Waals surface area contributed by atoms with Crippen molar-refractivity contribution in [2.45, 2.75) is 315 Å². The molecule has 440 valence electrons. The van der Waals surface area contributed by atoms with Crippen LogP contribution in [0.3, 0.4) is 0 Å². The SMILES string of the molecule is CCCCC/C=C\C/C=C\C/C=C\CCCCCCC(=O)NC(COP(=O)(O)OCC[N+](C)(C)C)C(/C=C/CCCCCCCCCCC)OC(=O)CCCCCCCCCCCCCCCCCCCCCCC. The minimum atomic E-state index is -4.45. The lowest BCUT2D eigenvalue weighted by Gasteiger charge is -2.27. The second-order valence-corrected chi connectivity index (χ2v) is 24.4. The van der Waals surface area contributed by atoms with Gasteiger partial charge in [0.1, 0.15) is 19.3 Å². The molecule has 0 spiro atoms. The van der Waals surface area contributed by atoms with Crippen molar-refractivity contribution in [2.75, 3.05) is 40.9 Å². The van der Waals surface area contributed by atoms with Gasteiger partial charge in [-0.15, -0.1) is 0 Å². The summed E-state index contributed by atoms with van der Waals surface area (Å²) in [5.41, 5.74) is 0. The van der Waals surface area contributed by atoms with Gasteiger partial charge in [-0.1, -0.05) is 269 Å². The predicted molar refractivity (Wildman–Crippen MR) is 323 cm³/mol. The Balaban J connectivity index is 5.18.